The molecule has 18 heavy (non-hydrogen) atoms. The van der Waals surface area contributed by atoms with Gasteiger partial charge < -0.3 is 15.8 Å². The zero-order valence-electron chi connectivity index (χ0n) is 10.5. The molecule has 5 nitrogen and oxygen atoms in total. The number of aryl methyl sites for hydroxylation is 1. The Hall–Kier alpha value is -1.75. The normalized spacial score (nSPS) is 13.2. The molecule has 0 radical (unpaired) electrons. The highest BCUT2D eigenvalue weighted by Gasteiger charge is 2.20. The van der Waals surface area contributed by atoms with E-state index in [-0.39, 0.29) is 11.7 Å². The smallest absolute Gasteiger partial charge is 0.254 e. The average molecular weight is 270 g/mol. The van der Waals surface area contributed by atoms with Crippen LogP contribution in [0.2, 0.25) is 5.02 Å². The maximum atomic E-state index is 12.2. The predicted molar refractivity (Wildman–Crippen MR) is 71.2 cm³/mol. The van der Waals surface area contributed by atoms with Crippen molar-refractivity contribution in [3.8, 4) is 0 Å². The molecule has 1 aromatic carbocycles. The molecule has 0 spiro atoms. The lowest BCUT2D eigenvalue weighted by Gasteiger charge is -2.24. The molecule has 1 unspecified atom stereocenters. The van der Waals surface area contributed by atoms with Crippen molar-refractivity contribution in [1.29, 1.82) is 0 Å². The SMILES string of the molecule is Cc1cc(C(=O)N(C)C(C)/C(N)=N/O)ccc1Cl. The minimum Gasteiger partial charge on any atom is -0.409 e. The second kappa shape index (κ2) is 5.73. The Balaban J connectivity index is 2.96. The summed E-state index contributed by atoms with van der Waals surface area (Å²) in [5, 5.41) is 12.1. The third kappa shape index (κ3) is 2.92. The molecule has 0 aliphatic rings. The largest absolute Gasteiger partial charge is 0.409 e. The molecule has 0 bridgehead atoms. The molecule has 0 fully saturated rings. The van der Waals surface area contributed by atoms with Gasteiger partial charge in [-0.05, 0) is 37.6 Å². The van der Waals surface area contributed by atoms with Gasteiger partial charge in [-0.15, -0.1) is 0 Å². The van der Waals surface area contributed by atoms with E-state index in [9.17, 15) is 4.79 Å². The van der Waals surface area contributed by atoms with Gasteiger partial charge in [0.25, 0.3) is 5.91 Å². The van der Waals surface area contributed by atoms with Crippen molar-refractivity contribution in [2.75, 3.05) is 7.05 Å². The second-order valence-electron chi connectivity index (χ2n) is 4.08. The van der Waals surface area contributed by atoms with Crippen LogP contribution in [0, 0.1) is 6.92 Å². The summed E-state index contributed by atoms with van der Waals surface area (Å²) < 4.78 is 0. The van der Waals surface area contributed by atoms with Crippen molar-refractivity contribution >= 4 is 23.3 Å². The number of rotatable bonds is 3. The van der Waals surface area contributed by atoms with Crippen molar-refractivity contribution in [2.24, 2.45) is 10.9 Å². The van der Waals surface area contributed by atoms with Crippen LogP contribution in [0.3, 0.4) is 0 Å². The Kier molecular flexibility index (Phi) is 4.55. The van der Waals surface area contributed by atoms with E-state index in [4.69, 9.17) is 22.5 Å². The van der Waals surface area contributed by atoms with E-state index in [1.807, 2.05) is 6.92 Å². The lowest BCUT2D eigenvalue weighted by atomic mass is 10.1. The lowest BCUT2D eigenvalue weighted by Crippen LogP contribution is -2.43. The number of hydrogen-bond donors (Lipinski definition) is 2. The molecule has 0 aromatic heterocycles. The Morgan fingerprint density at radius 2 is 2.17 bits per heavy atom. The quantitative estimate of drug-likeness (QED) is 0.380. The van der Waals surface area contributed by atoms with E-state index >= 15 is 0 Å². The number of carbonyl (C=O) groups excluding carboxylic acids is 1. The van der Waals surface area contributed by atoms with Gasteiger partial charge in [-0.25, -0.2) is 0 Å². The molecule has 0 saturated heterocycles. The number of nitrogens with two attached hydrogens (primary N) is 1. The highest BCUT2D eigenvalue weighted by atomic mass is 35.5. The van der Waals surface area contributed by atoms with Crippen LogP contribution in [0.4, 0.5) is 0 Å². The number of amidine groups is 1. The number of halogens is 1. The van der Waals surface area contributed by atoms with Crippen LogP contribution < -0.4 is 5.73 Å². The zero-order chi connectivity index (χ0) is 13.9. The standard InChI is InChI=1S/C12H16ClN3O2/c1-7-6-9(4-5-10(7)13)12(17)16(3)8(2)11(14)15-18/h4-6,8,18H,1-3H3,(H2,14,15). The molecule has 0 aliphatic carbocycles. The molecule has 0 aliphatic heterocycles. The van der Waals surface area contributed by atoms with Gasteiger partial charge >= 0.3 is 0 Å². The highest BCUT2D eigenvalue weighted by Crippen LogP contribution is 2.17. The van der Waals surface area contributed by atoms with Gasteiger partial charge in [0.15, 0.2) is 5.84 Å². The number of benzene rings is 1. The molecule has 0 saturated carbocycles. The van der Waals surface area contributed by atoms with Gasteiger partial charge in [0, 0.05) is 17.6 Å². The van der Waals surface area contributed by atoms with Crippen LogP contribution in [-0.2, 0) is 0 Å². The lowest BCUT2D eigenvalue weighted by molar-refractivity contribution is 0.0776. The van der Waals surface area contributed by atoms with Gasteiger partial charge in [0.05, 0.1) is 6.04 Å². The maximum Gasteiger partial charge on any atom is 0.254 e. The molecule has 1 rings (SSSR count). The third-order valence-corrected chi connectivity index (χ3v) is 3.27. The molecular formula is C12H16ClN3O2. The summed E-state index contributed by atoms with van der Waals surface area (Å²) in [6, 6.07) is 4.54. The number of hydrogen-bond acceptors (Lipinski definition) is 3. The van der Waals surface area contributed by atoms with Crippen molar-refractivity contribution in [1.82, 2.24) is 4.90 Å². The Bertz CT molecular complexity index is 488. The summed E-state index contributed by atoms with van der Waals surface area (Å²) in [6.45, 7) is 3.50. The fourth-order valence-electron chi connectivity index (χ4n) is 1.44. The van der Waals surface area contributed by atoms with Gasteiger partial charge in [-0.3, -0.25) is 4.79 Å². The summed E-state index contributed by atoms with van der Waals surface area (Å²) in [5.41, 5.74) is 6.81. The summed E-state index contributed by atoms with van der Waals surface area (Å²) >= 11 is 5.90. The van der Waals surface area contributed by atoms with E-state index in [1.54, 1.807) is 32.2 Å². The Morgan fingerprint density at radius 1 is 1.56 bits per heavy atom. The Morgan fingerprint density at radius 3 is 2.67 bits per heavy atom. The first-order chi connectivity index (χ1) is 8.38. The molecule has 3 N–H and O–H groups in total. The van der Waals surface area contributed by atoms with E-state index < -0.39 is 6.04 Å². The van der Waals surface area contributed by atoms with Gasteiger partial charge in [-0.2, -0.15) is 0 Å². The molecule has 1 aromatic rings. The maximum absolute atomic E-state index is 12.2. The molecule has 98 valence electrons. The topological polar surface area (TPSA) is 78.9 Å². The van der Waals surface area contributed by atoms with E-state index in [2.05, 4.69) is 5.16 Å². The Labute approximate surface area is 111 Å². The van der Waals surface area contributed by atoms with Crippen molar-refractivity contribution in [2.45, 2.75) is 19.9 Å². The van der Waals surface area contributed by atoms with Crippen molar-refractivity contribution in [3.05, 3.63) is 34.3 Å². The van der Waals surface area contributed by atoms with E-state index in [0.29, 0.717) is 10.6 Å². The van der Waals surface area contributed by atoms with Crippen LogP contribution in [0.1, 0.15) is 22.8 Å². The summed E-state index contributed by atoms with van der Waals surface area (Å²) in [4.78, 5) is 13.6. The number of amides is 1. The molecule has 0 heterocycles. The van der Waals surface area contributed by atoms with Crippen LogP contribution >= 0.6 is 11.6 Å². The summed E-state index contributed by atoms with van der Waals surface area (Å²) in [5.74, 6) is -0.231. The van der Waals surface area contributed by atoms with Crippen LogP contribution in [-0.4, -0.2) is 34.9 Å². The molecule has 1 amide bonds. The van der Waals surface area contributed by atoms with Gasteiger partial charge in [-0.1, -0.05) is 16.8 Å². The zero-order valence-corrected chi connectivity index (χ0v) is 11.3. The number of carbonyl (C=O) groups is 1. The number of oxime groups is 1. The van der Waals surface area contributed by atoms with Crippen molar-refractivity contribution < 1.29 is 10.0 Å². The third-order valence-electron chi connectivity index (χ3n) is 2.85. The first kappa shape index (κ1) is 14.3. The second-order valence-corrected chi connectivity index (χ2v) is 4.49. The van der Waals surface area contributed by atoms with Crippen molar-refractivity contribution in [3.63, 3.8) is 0 Å². The summed E-state index contributed by atoms with van der Waals surface area (Å²) in [7, 11) is 1.59. The predicted octanol–water partition coefficient (Wildman–Crippen LogP) is 1.86. The first-order valence-electron chi connectivity index (χ1n) is 5.39. The van der Waals surface area contributed by atoms with Crippen LogP contribution in [0.5, 0.6) is 0 Å². The van der Waals surface area contributed by atoms with Crippen LogP contribution in [0.25, 0.3) is 0 Å². The molecule has 1 atom stereocenters. The molecular weight excluding hydrogens is 254 g/mol. The molecule has 6 heteroatoms. The minimum atomic E-state index is -0.488. The van der Waals surface area contributed by atoms with Crippen LogP contribution in [0.15, 0.2) is 23.4 Å². The van der Waals surface area contributed by atoms with Gasteiger partial charge in [0.1, 0.15) is 0 Å². The fourth-order valence-corrected chi connectivity index (χ4v) is 1.56. The van der Waals surface area contributed by atoms with E-state index in [1.165, 1.54) is 4.90 Å². The minimum absolute atomic E-state index is 0.0171. The first-order valence-corrected chi connectivity index (χ1v) is 5.77. The number of nitrogens with zero attached hydrogens (tertiary/aromatic N) is 2. The number of likely N-dealkylation sites (N-methyl/N-ethyl adjacent to an activating group) is 1. The monoisotopic (exact) mass is 269 g/mol. The van der Waals surface area contributed by atoms with Gasteiger partial charge in [0.2, 0.25) is 0 Å². The summed E-state index contributed by atoms with van der Waals surface area (Å²) in [6.07, 6.45) is 0. The average Bonchev–Trinajstić information content (AvgIpc) is 2.38. The fraction of sp³-hybridized carbons (Fsp3) is 0.333. The highest BCUT2D eigenvalue weighted by molar-refractivity contribution is 6.31. The van der Waals surface area contributed by atoms with E-state index in [0.717, 1.165) is 5.56 Å².